The number of aryl methyl sites for hydroxylation is 2. The lowest BCUT2D eigenvalue weighted by molar-refractivity contribution is 0.117. The number of hydrogen-bond donors (Lipinski definition) is 1. The smallest absolute Gasteiger partial charge is 0.0847 e. The van der Waals surface area contributed by atoms with Crippen LogP contribution in [0.25, 0.3) is 0 Å². The van der Waals surface area contributed by atoms with E-state index < -0.39 is 0 Å². The van der Waals surface area contributed by atoms with Gasteiger partial charge < -0.3 is 5.11 Å². The Labute approximate surface area is 108 Å². The number of nitrogens with zero attached hydrogens (tertiary/aromatic N) is 2. The van der Waals surface area contributed by atoms with Crippen molar-refractivity contribution in [1.29, 1.82) is 0 Å². The summed E-state index contributed by atoms with van der Waals surface area (Å²) in [5.74, 6) is 0.643. The second kappa shape index (κ2) is 4.62. The first-order chi connectivity index (χ1) is 8.01. The molecule has 1 aliphatic carbocycles. The van der Waals surface area contributed by atoms with Gasteiger partial charge in [0.15, 0.2) is 0 Å². The zero-order valence-electron chi connectivity index (χ0n) is 10.8. The van der Waals surface area contributed by atoms with Gasteiger partial charge in [0.2, 0.25) is 0 Å². The predicted octanol–water partition coefficient (Wildman–Crippen LogP) is 2.82. The van der Waals surface area contributed by atoms with Crippen LogP contribution in [0, 0.1) is 18.3 Å². The van der Waals surface area contributed by atoms with Gasteiger partial charge in [-0.2, -0.15) is 5.10 Å². The SMILES string of the molecule is CCn1nc(C)c(Cl)c1CC(C)(CO)C1CC1. The highest BCUT2D eigenvalue weighted by molar-refractivity contribution is 6.31. The molecule has 0 aliphatic heterocycles. The molecule has 0 aromatic carbocycles. The molecule has 96 valence electrons. The van der Waals surface area contributed by atoms with Crippen LogP contribution < -0.4 is 0 Å². The Morgan fingerprint density at radius 3 is 2.65 bits per heavy atom. The second-order valence-electron chi connectivity index (χ2n) is 5.43. The van der Waals surface area contributed by atoms with Crippen molar-refractivity contribution in [1.82, 2.24) is 9.78 Å². The Kier molecular flexibility index (Phi) is 3.50. The molecule has 1 heterocycles. The average Bonchev–Trinajstić information content (AvgIpc) is 3.13. The number of hydrogen-bond acceptors (Lipinski definition) is 2. The maximum absolute atomic E-state index is 9.65. The minimum atomic E-state index is -0.0387. The summed E-state index contributed by atoms with van der Waals surface area (Å²) in [6.45, 7) is 7.21. The van der Waals surface area contributed by atoms with Gasteiger partial charge in [0.05, 0.1) is 16.4 Å². The number of aliphatic hydroxyl groups excluding tert-OH is 1. The molecule has 1 aromatic heterocycles. The van der Waals surface area contributed by atoms with Crippen LogP contribution >= 0.6 is 11.6 Å². The van der Waals surface area contributed by atoms with Gasteiger partial charge in [-0.3, -0.25) is 4.68 Å². The molecule has 4 heteroatoms. The molecule has 1 aromatic rings. The van der Waals surface area contributed by atoms with Crippen molar-refractivity contribution >= 4 is 11.6 Å². The lowest BCUT2D eigenvalue weighted by Crippen LogP contribution is -2.28. The van der Waals surface area contributed by atoms with E-state index in [2.05, 4.69) is 18.9 Å². The number of aliphatic hydroxyl groups is 1. The van der Waals surface area contributed by atoms with Crippen LogP contribution in [0.5, 0.6) is 0 Å². The summed E-state index contributed by atoms with van der Waals surface area (Å²) >= 11 is 6.32. The first-order valence-corrected chi connectivity index (χ1v) is 6.72. The summed E-state index contributed by atoms with van der Waals surface area (Å²) in [5.41, 5.74) is 1.93. The molecule has 1 N–H and O–H groups in total. The molecule has 1 unspecified atom stereocenters. The maximum Gasteiger partial charge on any atom is 0.0847 e. The third kappa shape index (κ3) is 2.36. The van der Waals surface area contributed by atoms with Crippen molar-refractivity contribution in [3.05, 3.63) is 16.4 Å². The molecule has 0 amide bonds. The summed E-state index contributed by atoms with van der Waals surface area (Å²) in [6, 6.07) is 0. The molecule has 17 heavy (non-hydrogen) atoms. The van der Waals surface area contributed by atoms with Crippen molar-refractivity contribution in [2.75, 3.05) is 6.61 Å². The standard InChI is InChI=1S/C13H21ClN2O/c1-4-16-11(12(14)9(2)15-16)7-13(3,8-17)10-5-6-10/h10,17H,4-8H2,1-3H3. The quantitative estimate of drug-likeness (QED) is 0.880. The molecule has 1 saturated carbocycles. The van der Waals surface area contributed by atoms with Gasteiger partial charge in [0, 0.05) is 13.2 Å². The second-order valence-corrected chi connectivity index (χ2v) is 5.80. The van der Waals surface area contributed by atoms with Crippen molar-refractivity contribution in [3.8, 4) is 0 Å². The Balaban J connectivity index is 2.27. The summed E-state index contributed by atoms with van der Waals surface area (Å²) in [4.78, 5) is 0. The number of aromatic nitrogens is 2. The third-order valence-corrected chi connectivity index (χ3v) is 4.44. The lowest BCUT2D eigenvalue weighted by atomic mass is 9.81. The maximum atomic E-state index is 9.65. The fourth-order valence-corrected chi connectivity index (χ4v) is 2.73. The Bertz CT molecular complexity index is 412. The monoisotopic (exact) mass is 256 g/mol. The van der Waals surface area contributed by atoms with Gasteiger partial charge >= 0.3 is 0 Å². The van der Waals surface area contributed by atoms with E-state index in [-0.39, 0.29) is 12.0 Å². The fourth-order valence-electron chi connectivity index (χ4n) is 2.53. The molecule has 0 saturated heterocycles. The zero-order chi connectivity index (χ0) is 12.6. The van der Waals surface area contributed by atoms with E-state index in [1.54, 1.807) is 0 Å². The van der Waals surface area contributed by atoms with E-state index in [4.69, 9.17) is 11.6 Å². The van der Waals surface area contributed by atoms with E-state index in [0.29, 0.717) is 5.92 Å². The first-order valence-electron chi connectivity index (χ1n) is 6.34. The van der Waals surface area contributed by atoms with Gasteiger partial charge in [-0.25, -0.2) is 0 Å². The van der Waals surface area contributed by atoms with Crippen LogP contribution in [-0.2, 0) is 13.0 Å². The Morgan fingerprint density at radius 1 is 1.53 bits per heavy atom. The normalized spacial score (nSPS) is 19.4. The van der Waals surface area contributed by atoms with Gasteiger partial charge in [0.1, 0.15) is 0 Å². The highest BCUT2D eigenvalue weighted by atomic mass is 35.5. The van der Waals surface area contributed by atoms with E-state index in [1.807, 2.05) is 11.6 Å². The van der Waals surface area contributed by atoms with Crippen molar-refractivity contribution in [3.63, 3.8) is 0 Å². The van der Waals surface area contributed by atoms with E-state index in [0.717, 1.165) is 29.4 Å². The van der Waals surface area contributed by atoms with E-state index in [9.17, 15) is 5.11 Å². The lowest BCUT2D eigenvalue weighted by Gasteiger charge is -2.27. The molecule has 2 rings (SSSR count). The van der Waals surface area contributed by atoms with Gasteiger partial charge in [-0.1, -0.05) is 18.5 Å². The molecule has 3 nitrogen and oxygen atoms in total. The minimum absolute atomic E-state index is 0.0387. The largest absolute Gasteiger partial charge is 0.396 e. The molecular weight excluding hydrogens is 236 g/mol. The van der Waals surface area contributed by atoms with Crippen molar-refractivity contribution in [2.45, 2.75) is 46.6 Å². The van der Waals surface area contributed by atoms with E-state index >= 15 is 0 Å². The van der Waals surface area contributed by atoms with Crippen molar-refractivity contribution < 1.29 is 5.11 Å². The topological polar surface area (TPSA) is 38.0 Å². The summed E-state index contributed by atoms with van der Waals surface area (Å²) < 4.78 is 1.97. The zero-order valence-corrected chi connectivity index (χ0v) is 11.6. The summed E-state index contributed by atoms with van der Waals surface area (Å²) in [5, 5.41) is 14.8. The Morgan fingerprint density at radius 2 is 2.18 bits per heavy atom. The van der Waals surface area contributed by atoms with Gasteiger partial charge in [-0.05, 0) is 44.4 Å². The summed E-state index contributed by atoms with van der Waals surface area (Å²) in [7, 11) is 0. The third-order valence-electron chi connectivity index (χ3n) is 3.95. The molecule has 1 fully saturated rings. The van der Waals surface area contributed by atoms with Crippen LogP contribution in [0.15, 0.2) is 0 Å². The van der Waals surface area contributed by atoms with E-state index in [1.165, 1.54) is 12.8 Å². The predicted molar refractivity (Wildman–Crippen MR) is 69.3 cm³/mol. The van der Waals surface area contributed by atoms with Crippen LogP contribution in [-0.4, -0.2) is 21.5 Å². The molecule has 0 bridgehead atoms. The number of halogens is 1. The van der Waals surface area contributed by atoms with Crippen LogP contribution in [0.4, 0.5) is 0 Å². The molecule has 0 radical (unpaired) electrons. The highest BCUT2D eigenvalue weighted by Gasteiger charge is 2.42. The number of rotatable bonds is 5. The van der Waals surface area contributed by atoms with Crippen LogP contribution in [0.1, 0.15) is 38.1 Å². The highest BCUT2D eigenvalue weighted by Crippen LogP contribution is 2.47. The first kappa shape index (κ1) is 12.9. The molecule has 0 spiro atoms. The van der Waals surface area contributed by atoms with Gasteiger partial charge in [-0.15, -0.1) is 0 Å². The van der Waals surface area contributed by atoms with Crippen molar-refractivity contribution in [2.24, 2.45) is 11.3 Å². The molecule has 1 aliphatic rings. The minimum Gasteiger partial charge on any atom is -0.396 e. The van der Waals surface area contributed by atoms with Crippen LogP contribution in [0.3, 0.4) is 0 Å². The fraction of sp³-hybridized carbons (Fsp3) is 0.769. The Hall–Kier alpha value is -0.540. The molecular formula is C13H21ClN2O. The van der Waals surface area contributed by atoms with Gasteiger partial charge in [0.25, 0.3) is 0 Å². The van der Waals surface area contributed by atoms with Crippen LogP contribution in [0.2, 0.25) is 5.02 Å². The molecule has 1 atom stereocenters. The summed E-state index contributed by atoms with van der Waals surface area (Å²) in [6.07, 6.45) is 3.28. The average molecular weight is 257 g/mol.